The molecule has 1 aromatic rings. The summed E-state index contributed by atoms with van der Waals surface area (Å²) in [7, 11) is 1.69. The van der Waals surface area contributed by atoms with E-state index in [-0.39, 0.29) is 5.97 Å². The van der Waals surface area contributed by atoms with Crippen LogP contribution in [0.15, 0.2) is 24.3 Å². The van der Waals surface area contributed by atoms with Gasteiger partial charge in [-0.15, -0.1) is 5.06 Å². The zero-order valence-electron chi connectivity index (χ0n) is 13.3. The number of rotatable bonds is 7. The zero-order chi connectivity index (χ0) is 15.8. The summed E-state index contributed by atoms with van der Waals surface area (Å²) >= 11 is 1.62. The quantitative estimate of drug-likeness (QED) is 0.718. The molecular weight excluding hydrogens is 300 g/mol. The van der Waals surface area contributed by atoms with Gasteiger partial charge in [-0.3, -0.25) is 0 Å². The second-order valence-electron chi connectivity index (χ2n) is 5.10. The van der Waals surface area contributed by atoms with E-state index in [9.17, 15) is 4.79 Å². The highest BCUT2D eigenvalue weighted by Crippen LogP contribution is 2.28. The molecule has 1 aliphatic rings. The molecule has 0 spiro atoms. The molecule has 5 nitrogen and oxygen atoms in total. The molecule has 2 rings (SSSR count). The van der Waals surface area contributed by atoms with Crippen LogP contribution in [-0.2, 0) is 9.63 Å². The van der Waals surface area contributed by atoms with Crippen LogP contribution in [0.25, 0.3) is 0 Å². The Labute approximate surface area is 136 Å². The lowest BCUT2D eigenvalue weighted by Crippen LogP contribution is -2.47. The van der Waals surface area contributed by atoms with Crippen molar-refractivity contribution in [3.63, 3.8) is 0 Å². The predicted octanol–water partition coefficient (Wildman–Crippen LogP) is 2.42. The molecule has 0 unspecified atom stereocenters. The van der Waals surface area contributed by atoms with Gasteiger partial charge in [0.15, 0.2) is 0 Å². The molecule has 0 saturated carbocycles. The molecule has 122 valence electrons. The lowest BCUT2D eigenvalue weighted by molar-refractivity contribution is -0.188. The van der Waals surface area contributed by atoms with Crippen molar-refractivity contribution < 1.29 is 14.4 Å². The van der Waals surface area contributed by atoms with Gasteiger partial charge in [-0.1, -0.05) is 19.1 Å². The first-order chi connectivity index (χ1) is 10.7. The second kappa shape index (κ2) is 8.90. The minimum atomic E-state index is -0.149. The largest absolute Gasteiger partial charge is 0.495 e. The van der Waals surface area contributed by atoms with E-state index < -0.39 is 0 Å². The molecular formula is C16H24N2O3S. The number of para-hydroxylation sites is 2. The van der Waals surface area contributed by atoms with Gasteiger partial charge in [-0.2, -0.15) is 11.8 Å². The highest BCUT2D eigenvalue weighted by atomic mass is 32.2. The fourth-order valence-electron chi connectivity index (χ4n) is 2.38. The molecule has 1 fully saturated rings. The van der Waals surface area contributed by atoms with Crippen LogP contribution in [-0.4, -0.2) is 55.8 Å². The Morgan fingerprint density at radius 3 is 2.64 bits per heavy atom. The van der Waals surface area contributed by atoms with E-state index in [1.807, 2.05) is 18.2 Å². The summed E-state index contributed by atoms with van der Waals surface area (Å²) in [6.07, 6.45) is 1.08. The molecule has 0 aromatic heterocycles. The first-order valence-electron chi connectivity index (χ1n) is 7.66. The number of hydrogen-bond acceptors (Lipinski definition) is 6. The van der Waals surface area contributed by atoms with Crippen molar-refractivity contribution in [2.24, 2.45) is 0 Å². The standard InChI is InChI=1S/C16H24N2O3S/c1-3-12-22-13-16(19)21-18-10-8-17(9-11-18)14-6-4-5-7-15(14)20-2/h4-7H,3,8-13H2,1-2H3. The lowest BCUT2D eigenvalue weighted by atomic mass is 10.2. The highest BCUT2D eigenvalue weighted by molar-refractivity contribution is 7.99. The third-order valence-electron chi connectivity index (χ3n) is 3.46. The average molecular weight is 324 g/mol. The van der Waals surface area contributed by atoms with Gasteiger partial charge in [0.05, 0.1) is 31.6 Å². The van der Waals surface area contributed by atoms with Crippen molar-refractivity contribution in [1.29, 1.82) is 0 Å². The van der Waals surface area contributed by atoms with Gasteiger partial charge >= 0.3 is 5.97 Å². The lowest BCUT2D eigenvalue weighted by Gasteiger charge is -2.35. The number of thioether (sulfide) groups is 1. The summed E-state index contributed by atoms with van der Waals surface area (Å²) in [4.78, 5) is 19.4. The van der Waals surface area contributed by atoms with Gasteiger partial charge < -0.3 is 14.5 Å². The van der Waals surface area contributed by atoms with Crippen LogP contribution in [0.4, 0.5) is 5.69 Å². The van der Waals surface area contributed by atoms with Crippen LogP contribution in [0, 0.1) is 0 Å². The van der Waals surface area contributed by atoms with E-state index in [4.69, 9.17) is 9.57 Å². The number of piperazine rings is 1. The first kappa shape index (κ1) is 17.0. The predicted molar refractivity (Wildman–Crippen MR) is 90.5 cm³/mol. The van der Waals surface area contributed by atoms with Gasteiger partial charge in [0.1, 0.15) is 5.75 Å². The van der Waals surface area contributed by atoms with Gasteiger partial charge in [-0.25, -0.2) is 4.79 Å². The molecule has 1 aliphatic heterocycles. The topological polar surface area (TPSA) is 42.0 Å². The number of nitrogens with zero attached hydrogens (tertiary/aromatic N) is 2. The highest BCUT2D eigenvalue weighted by Gasteiger charge is 2.21. The van der Waals surface area contributed by atoms with Crippen molar-refractivity contribution in [3.05, 3.63) is 24.3 Å². The number of hydrogen-bond donors (Lipinski definition) is 0. The van der Waals surface area contributed by atoms with Gasteiger partial charge in [-0.05, 0) is 24.3 Å². The Morgan fingerprint density at radius 2 is 1.95 bits per heavy atom. The molecule has 1 aromatic carbocycles. The third kappa shape index (κ3) is 4.81. The van der Waals surface area contributed by atoms with Gasteiger partial charge in [0, 0.05) is 13.1 Å². The van der Waals surface area contributed by atoms with Gasteiger partial charge in [0.2, 0.25) is 0 Å². The molecule has 0 amide bonds. The molecule has 22 heavy (non-hydrogen) atoms. The Balaban J connectivity index is 1.79. The number of methoxy groups -OCH3 is 1. The Bertz CT molecular complexity index is 476. The summed E-state index contributed by atoms with van der Waals surface area (Å²) in [5, 5.41) is 1.76. The number of carbonyl (C=O) groups excluding carboxylic acids is 1. The maximum Gasteiger partial charge on any atom is 0.334 e. The Morgan fingerprint density at radius 1 is 1.23 bits per heavy atom. The molecule has 1 heterocycles. The summed E-state index contributed by atoms with van der Waals surface area (Å²) in [6.45, 7) is 5.16. The minimum absolute atomic E-state index is 0.149. The molecule has 0 radical (unpaired) electrons. The van der Waals surface area contributed by atoms with Crippen molar-refractivity contribution >= 4 is 23.4 Å². The second-order valence-corrected chi connectivity index (χ2v) is 6.21. The van der Waals surface area contributed by atoms with Crippen molar-refractivity contribution in [3.8, 4) is 5.75 Å². The van der Waals surface area contributed by atoms with Crippen molar-refractivity contribution in [2.45, 2.75) is 13.3 Å². The van der Waals surface area contributed by atoms with E-state index in [1.165, 1.54) is 0 Å². The molecule has 0 aliphatic carbocycles. The average Bonchev–Trinajstić information content (AvgIpc) is 2.56. The van der Waals surface area contributed by atoms with Crippen LogP contribution in [0.5, 0.6) is 5.75 Å². The third-order valence-corrected chi connectivity index (χ3v) is 4.60. The first-order valence-corrected chi connectivity index (χ1v) is 8.81. The smallest absolute Gasteiger partial charge is 0.334 e. The van der Waals surface area contributed by atoms with E-state index in [1.54, 1.807) is 23.9 Å². The number of hydroxylamine groups is 2. The zero-order valence-corrected chi connectivity index (χ0v) is 14.1. The van der Waals surface area contributed by atoms with Crippen LogP contribution in [0.3, 0.4) is 0 Å². The molecule has 1 saturated heterocycles. The van der Waals surface area contributed by atoms with E-state index in [0.717, 1.165) is 36.7 Å². The number of anilines is 1. The van der Waals surface area contributed by atoms with E-state index in [0.29, 0.717) is 18.8 Å². The number of carbonyl (C=O) groups is 1. The van der Waals surface area contributed by atoms with Crippen molar-refractivity contribution in [2.75, 3.05) is 49.7 Å². The summed E-state index contributed by atoms with van der Waals surface area (Å²) < 4.78 is 5.40. The van der Waals surface area contributed by atoms with Crippen LogP contribution < -0.4 is 9.64 Å². The SMILES string of the molecule is CCCSCC(=O)ON1CCN(c2ccccc2OC)CC1. The molecule has 0 atom stereocenters. The summed E-state index contributed by atoms with van der Waals surface area (Å²) in [6, 6.07) is 8.00. The monoisotopic (exact) mass is 324 g/mol. The van der Waals surface area contributed by atoms with Crippen LogP contribution >= 0.6 is 11.8 Å². The molecule has 6 heteroatoms. The minimum Gasteiger partial charge on any atom is -0.495 e. The van der Waals surface area contributed by atoms with Crippen LogP contribution in [0.2, 0.25) is 0 Å². The van der Waals surface area contributed by atoms with E-state index in [2.05, 4.69) is 17.9 Å². The molecule has 0 bridgehead atoms. The Hall–Kier alpha value is -1.40. The fourth-order valence-corrected chi connectivity index (χ4v) is 3.03. The maximum atomic E-state index is 11.7. The van der Waals surface area contributed by atoms with Gasteiger partial charge in [0.25, 0.3) is 0 Å². The number of benzene rings is 1. The molecule has 0 N–H and O–H groups in total. The summed E-state index contributed by atoms with van der Waals surface area (Å²) in [5.74, 6) is 2.16. The van der Waals surface area contributed by atoms with E-state index >= 15 is 0 Å². The normalized spacial score (nSPS) is 15.6. The van der Waals surface area contributed by atoms with Crippen LogP contribution in [0.1, 0.15) is 13.3 Å². The van der Waals surface area contributed by atoms with Crippen molar-refractivity contribution in [1.82, 2.24) is 5.06 Å². The summed E-state index contributed by atoms with van der Waals surface area (Å²) in [5.41, 5.74) is 1.09. The fraction of sp³-hybridized carbons (Fsp3) is 0.562. The Kier molecular flexibility index (Phi) is 6.86. The maximum absolute atomic E-state index is 11.7. The number of ether oxygens (including phenoxy) is 1.